The number of sulfone groups is 1. The van der Waals surface area contributed by atoms with Gasteiger partial charge in [0, 0.05) is 37.6 Å². The van der Waals surface area contributed by atoms with Gasteiger partial charge in [-0.15, -0.1) is 0 Å². The van der Waals surface area contributed by atoms with E-state index in [0.29, 0.717) is 12.2 Å². The molecule has 7 nitrogen and oxygen atoms in total. The molecule has 27 heavy (non-hydrogen) atoms. The van der Waals surface area contributed by atoms with E-state index in [1.807, 2.05) is 18.2 Å². The van der Waals surface area contributed by atoms with Crippen LogP contribution in [-0.4, -0.2) is 32.7 Å². The van der Waals surface area contributed by atoms with E-state index < -0.39 is 14.8 Å². The van der Waals surface area contributed by atoms with Crippen molar-refractivity contribution in [3.63, 3.8) is 0 Å². The average Bonchev–Trinajstić information content (AvgIpc) is 2.66. The molecule has 0 unspecified atom stereocenters. The molecule has 1 aliphatic heterocycles. The largest absolute Gasteiger partial charge is 0.375 e. The highest BCUT2D eigenvalue weighted by Crippen LogP contribution is 2.30. The first-order valence-corrected chi connectivity index (χ1v) is 10.8. The molecule has 0 aromatic heterocycles. The SMILES string of the molecule is CS(=O)(=O)c1ccc(NCc2ccccc2N2CCCCC2)c([N+](=O)[O-])c1. The molecular formula is C19H23N3O4S. The quantitative estimate of drug-likeness (QED) is 0.599. The lowest BCUT2D eigenvalue weighted by Crippen LogP contribution is -2.30. The van der Waals surface area contributed by atoms with Gasteiger partial charge in [0.1, 0.15) is 5.69 Å². The molecule has 0 radical (unpaired) electrons. The van der Waals surface area contributed by atoms with Crippen molar-refractivity contribution < 1.29 is 13.3 Å². The van der Waals surface area contributed by atoms with Gasteiger partial charge < -0.3 is 10.2 Å². The molecule has 1 N–H and O–H groups in total. The molecule has 0 atom stereocenters. The predicted octanol–water partition coefficient (Wildman–Crippen LogP) is 3.60. The van der Waals surface area contributed by atoms with Crippen molar-refractivity contribution in [3.05, 3.63) is 58.1 Å². The van der Waals surface area contributed by atoms with Crippen LogP contribution >= 0.6 is 0 Å². The Hall–Kier alpha value is -2.61. The Bertz CT molecular complexity index is 938. The lowest BCUT2D eigenvalue weighted by atomic mass is 10.1. The third-order valence-corrected chi connectivity index (χ3v) is 5.86. The van der Waals surface area contributed by atoms with Crippen LogP contribution in [0.25, 0.3) is 0 Å². The number of benzene rings is 2. The molecule has 3 rings (SSSR count). The zero-order valence-corrected chi connectivity index (χ0v) is 16.0. The molecule has 0 bridgehead atoms. The zero-order valence-electron chi connectivity index (χ0n) is 15.2. The third-order valence-electron chi connectivity index (χ3n) is 4.75. The van der Waals surface area contributed by atoms with Crippen LogP contribution in [0.5, 0.6) is 0 Å². The summed E-state index contributed by atoms with van der Waals surface area (Å²) in [6.07, 6.45) is 4.62. The number of hydrogen-bond acceptors (Lipinski definition) is 6. The van der Waals surface area contributed by atoms with Crippen LogP contribution in [0.2, 0.25) is 0 Å². The van der Waals surface area contributed by atoms with Gasteiger partial charge in [-0.25, -0.2) is 8.42 Å². The summed E-state index contributed by atoms with van der Waals surface area (Å²) in [5, 5.41) is 14.5. The normalized spacial score (nSPS) is 14.8. The van der Waals surface area contributed by atoms with Crippen molar-refractivity contribution in [2.45, 2.75) is 30.7 Å². The minimum absolute atomic E-state index is 0.0616. The summed E-state index contributed by atoms with van der Waals surface area (Å²) in [6.45, 7) is 2.45. The van der Waals surface area contributed by atoms with Gasteiger partial charge in [0.25, 0.3) is 5.69 Å². The van der Waals surface area contributed by atoms with Crippen molar-refractivity contribution >= 4 is 26.9 Å². The number of nitro benzene ring substituents is 1. The van der Waals surface area contributed by atoms with Gasteiger partial charge in [-0.1, -0.05) is 18.2 Å². The van der Waals surface area contributed by atoms with Gasteiger partial charge in [0.2, 0.25) is 0 Å². The Morgan fingerprint density at radius 2 is 1.81 bits per heavy atom. The molecule has 0 amide bonds. The third kappa shape index (κ3) is 4.57. The monoisotopic (exact) mass is 389 g/mol. The van der Waals surface area contributed by atoms with Crippen LogP contribution in [0.3, 0.4) is 0 Å². The Morgan fingerprint density at radius 3 is 2.48 bits per heavy atom. The lowest BCUT2D eigenvalue weighted by molar-refractivity contribution is -0.384. The molecule has 1 aliphatic rings. The first-order chi connectivity index (χ1) is 12.9. The summed E-state index contributed by atoms with van der Waals surface area (Å²) < 4.78 is 23.3. The van der Waals surface area contributed by atoms with Crippen LogP contribution in [0.1, 0.15) is 24.8 Å². The van der Waals surface area contributed by atoms with Crippen molar-refractivity contribution in [1.29, 1.82) is 0 Å². The smallest absolute Gasteiger partial charge is 0.293 e. The predicted molar refractivity (Wildman–Crippen MR) is 106 cm³/mol. The molecule has 2 aromatic carbocycles. The number of nitro groups is 1. The molecule has 0 aliphatic carbocycles. The number of para-hydroxylation sites is 1. The lowest BCUT2D eigenvalue weighted by Gasteiger charge is -2.30. The second-order valence-electron chi connectivity index (χ2n) is 6.74. The fraction of sp³-hybridized carbons (Fsp3) is 0.368. The van der Waals surface area contributed by atoms with Gasteiger partial charge >= 0.3 is 0 Å². The van der Waals surface area contributed by atoms with E-state index in [4.69, 9.17) is 0 Å². The van der Waals surface area contributed by atoms with Crippen molar-refractivity contribution in [2.75, 3.05) is 29.6 Å². The van der Waals surface area contributed by atoms with Crippen LogP contribution in [-0.2, 0) is 16.4 Å². The molecular weight excluding hydrogens is 366 g/mol. The Balaban J connectivity index is 1.84. The van der Waals surface area contributed by atoms with Gasteiger partial charge in [-0.05, 0) is 43.0 Å². The highest BCUT2D eigenvalue weighted by atomic mass is 32.2. The number of nitrogens with one attached hydrogen (secondary N) is 1. The maximum atomic E-state index is 11.7. The van der Waals surface area contributed by atoms with E-state index in [0.717, 1.165) is 36.7 Å². The molecule has 0 saturated carbocycles. The molecule has 1 heterocycles. The van der Waals surface area contributed by atoms with E-state index in [2.05, 4.69) is 16.3 Å². The minimum atomic E-state index is -3.50. The molecule has 8 heteroatoms. The van der Waals surface area contributed by atoms with Crippen molar-refractivity contribution in [1.82, 2.24) is 0 Å². The summed E-state index contributed by atoms with van der Waals surface area (Å²) >= 11 is 0. The summed E-state index contributed by atoms with van der Waals surface area (Å²) in [7, 11) is -3.50. The standard InChI is InChI=1S/C19H23N3O4S/c1-27(25,26)16-9-10-17(19(13-16)22(23)24)20-14-15-7-3-4-8-18(15)21-11-5-2-6-12-21/h3-4,7-10,13,20H,2,5-6,11-12,14H2,1H3. The highest BCUT2D eigenvalue weighted by Gasteiger charge is 2.19. The van der Waals surface area contributed by atoms with Crippen LogP contribution in [0.4, 0.5) is 17.1 Å². The molecule has 1 saturated heterocycles. The number of nitrogens with zero attached hydrogens (tertiary/aromatic N) is 2. The second-order valence-corrected chi connectivity index (χ2v) is 8.75. The van der Waals surface area contributed by atoms with E-state index in [1.54, 1.807) is 0 Å². The molecule has 0 spiro atoms. The maximum absolute atomic E-state index is 11.7. The molecule has 2 aromatic rings. The van der Waals surface area contributed by atoms with Crippen molar-refractivity contribution in [3.8, 4) is 0 Å². The van der Waals surface area contributed by atoms with Gasteiger partial charge in [0.15, 0.2) is 9.84 Å². The van der Waals surface area contributed by atoms with Crippen LogP contribution in [0, 0.1) is 10.1 Å². The Morgan fingerprint density at radius 1 is 1.11 bits per heavy atom. The first-order valence-electron chi connectivity index (χ1n) is 8.91. The van der Waals surface area contributed by atoms with Crippen LogP contribution in [0.15, 0.2) is 47.4 Å². The zero-order chi connectivity index (χ0) is 19.4. The number of hydrogen-bond donors (Lipinski definition) is 1. The van der Waals surface area contributed by atoms with E-state index >= 15 is 0 Å². The Kier molecular flexibility index (Phi) is 5.65. The number of piperidine rings is 1. The van der Waals surface area contributed by atoms with Crippen LogP contribution < -0.4 is 10.2 Å². The van der Waals surface area contributed by atoms with Gasteiger partial charge in [0.05, 0.1) is 9.82 Å². The van der Waals surface area contributed by atoms with E-state index in [-0.39, 0.29) is 10.6 Å². The van der Waals surface area contributed by atoms with Crippen molar-refractivity contribution in [2.24, 2.45) is 0 Å². The highest BCUT2D eigenvalue weighted by molar-refractivity contribution is 7.90. The Labute approximate surface area is 159 Å². The summed E-state index contributed by atoms with van der Waals surface area (Å²) in [6, 6.07) is 12.0. The maximum Gasteiger partial charge on any atom is 0.293 e. The van der Waals surface area contributed by atoms with E-state index in [1.165, 1.54) is 31.4 Å². The summed E-state index contributed by atoms with van der Waals surface area (Å²) in [5.74, 6) is 0. The van der Waals surface area contributed by atoms with E-state index in [9.17, 15) is 18.5 Å². The topological polar surface area (TPSA) is 92.6 Å². The fourth-order valence-electron chi connectivity index (χ4n) is 3.34. The second kappa shape index (κ2) is 7.96. The summed E-state index contributed by atoms with van der Waals surface area (Å²) in [4.78, 5) is 13.1. The van der Waals surface area contributed by atoms with Gasteiger partial charge in [-0.3, -0.25) is 10.1 Å². The average molecular weight is 389 g/mol. The summed E-state index contributed by atoms with van der Waals surface area (Å²) in [5.41, 5.74) is 2.26. The minimum Gasteiger partial charge on any atom is -0.375 e. The molecule has 1 fully saturated rings. The number of anilines is 2. The fourth-order valence-corrected chi connectivity index (χ4v) is 3.98. The van der Waals surface area contributed by atoms with Gasteiger partial charge in [-0.2, -0.15) is 0 Å². The first kappa shape index (κ1) is 19.2. The number of rotatable bonds is 6. The molecule has 144 valence electrons.